The SMILES string of the molecule is FC(F)(F)CCc1cc(Cl)ncn1. The smallest absolute Gasteiger partial charge is 0.241 e. The van der Waals surface area contributed by atoms with Crippen molar-refractivity contribution in [1.29, 1.82) is 0 Å². The molecule has 0 radical (unpaired) electrons. The maximum Gasteiger partial charge on any atom is 0.389 e. The molecule has 0 aliphatic carbocycles. The van der Waals surface area contributed by atoms with Gasteiger partial charge in [-0.05, 0) is 12.5 Å². The lowest BCUT2D eigenvalue weighted by Gasteiger charge is -2.04. The van der Waals surface area contributed by atoms with Gasteiger partial charge in [0.25, 0.3) is 0 Å². The average Bonchev–Trinajstić information content (AvgIpc) is 2.00. The van der Waals surface area contributed by atoms with Gasteiger partial charge in [0.15, 0.2) is 0 Å². The van der Waals surface area contributed by atoms with Crippen molar-refractivity contribution in [3.63, 3.8) is 0 Å². The second-order valence-electron chi connectivity index (χ2n) is 2.45. The molecule has 0 saturated heterocycles. The van der Waals surface area contributed by atoms with E-state index in [1.165, 1.54) is 6.07 Å². The van der Waals surface area contributed by atoms with E-state index in [0.29, 0.717) is 5.69 Å². The van der Waals surface area contributed by atoms with Crippen LogP contribution in [0.1, 0.15) is 12.1 Å². The summed E-state index contributed by atoms with van der Waals surface area (Å²) in [5, 5.41) is 0.159. The van der Waals surface area contributed by atoms with E-state index in [9.17, 15) is 13.2 Å². The van der Waals surface area contributed by atoms with Crippen molar-refractivity contribution in [3.8, 4) is 0 Å². The summed E-state index contributed by atoms with van der Waals surface area (Å²) < 4.78 is 35.3. The maximum atomic E-state index is 11.8. The van der Waals surface area contributed by atoms with Crippen molar-refractivity contribution >= 4 is 11.6 Å². The highest BCUT2D eigenvalue weighted by Gasteiger charge is 2.26. The number of hydrogen-bond acceptors (Lipinski definition) is 2. The fourth-order valence-electron chi connectivity index (χ4n) is 0.777. The molecule has 0 bridgehead atoms. The van der Waals surface area contributed by atoms with Crippen molar-refractivity contribution in [2.75, 3.05) is 0 Å². The molecule has 0 saturated carbocycles. The number of aryl methyl sites for hydroxylation is 1. The Morgan fingerprint density at radius 2 is 2.00 bits per heavy atom. The molecule has 0 aromatic carbocycles. The average molecular weight is 211 g/mol. The molecule has 1 rings (SSSR count). The minimum Gasteiger partial charge on any atom is -0.241 e. The number of hydrogen-bond donors (Lipinski definition) is 0. The van der Waals surface area contributed by atoms with Crippen LogP contribution in [0, 0.1) is 0 Å². The van der Waals surface area contributed by atoms with E-state index < -0.39 is 12.6 Å². The molecule has 0 atom stereocenters. The highest BCUT2D eigenvalue weighted by Crippen LogP contribution is 2.21. The van der Waals surface area contributed by atoms with Gasteiger partial charge in [0, 0.05) is 12.1 Å². The van der Waals surface area contributed by atoms with Crippen LogP contribution < -0.4 is 0 Å². The maximum absolute atomic E-state index is 11.8. The van der Waals surface area contributed by atoms with Crippen LogP contribution in [-0.4, -0.2) is 16.1 Å². The fourth-order valence-corrected chi connectivity index (χ4v) is 0.946. The quantitative estimate of drug-likeness (QED) is 0.702. The van der Waals surface area contributed by atoms with Gasteiger partial charge in [-0.1, -0.05) is 11.6 Å². The Morgan fingerprint density at radius 3 is 2.54 bits per heavy atom. The zero-order valence-corrected chi connectivity index (χ0v) is 7.23. The highest BCUT2D eigenvalue weighted by molar-refractivity contribution is 6.29. The van der Waals surface area contributed by atoms with Gasteiger partial charge < -0.3 is 0 Å². The summed E-state index contributed by atoms with van der Waals surface area (Å²) in [6, 6.07) is 1.33. The summed E-state index contributed by atoms with van der Waals surface area (Å²) in [6.07, 6.45) is -4.06. The summed E-state index contributed by atoms with van der Waals surface area (Å²) in [5.74, 6) is 0. The molecule has 72 valence electrons. The Bertz CT molecular complexity index is 287. The number of nitrogens with zero attached hydrogens (tertiary/aromatic N) is 2. The summed E-state index contributed by atoms with van der Waals surface area (Å²) in [4.78, 5) is 7.20. The first kappa shape index (κ1) is 10.2. The largest absolute Gasteiger partial charge is 0.389 e. The number of rotatable bonds is 2. The first-order valence-corrected chi connectivity index (χ1v) is 3.88. The summed E-state index contributed by atoms with van der Waals surface area (Å²) in [5.41, 5.74) is 0.303. The van der Waals surface area contributed by atoms with Crippen molar-refractivity contribution in [2.45, 2.75) is 19.0 Å². The highest BCUT2D eigenvalue weighted by atomic mass is 35.5. The van der Waals surface area contributed by atoms with Crippen LogP contribution in [-0.2, 0) is 6.42 Å². The zero-order valence-electron chi connectivity index (χ0n) is 6.48. The van der Waals surface area contributed by atoms with Crippen LogP contribution in [0.4, 0.5) is 13.2 Å². The van der Waals surface area contributed by atoms with E-state index in [-0.39, 0.29) is 11.6 Å². The molecule has 0 amide bonds. The van der Waals surface area contributed by atoms with Crippen molar-refractivity contribution < 1.29 is 13.2 Å². The van der Waals surface area contributed by atoms with Crippen LogP contribution in [0.15, 0.2) is 12.4 Å². The Hall–Kier alpha value is -0.840. The van der Waals surface area contributed by atoms with Gasteiger partial charge >= 0.3 is 6.18 Å². The van der Waals surface area contributed by atoms with E-state index in [1.54, 1.807) is 0 Å². The van der Waals surface area contributed by atoms with E-state index in [4.69, 9.17) is 11.6 Å². The molecule has 1 heterocycles. The number of aromatic nitrogens is 2. The second-order valence-corrected chi connectivity index (χ2v) is 2.83. The molecule has 1 aromatic rings. The van der Waals surface area contributed by atoms with Crippen molar-refractivity contribution in [1.82, 2.24) is 9.97 Å². The van der Waals surface area contributed by atoms with Gasteiger partial charge in [0.2, 0.25) is 0 Å². The molecule has 0 aliphatic heterocycles. The standard InChI is InChI=1S/C7H6ClF3N2/c8-6-3-5(12-4-13-6)1-2-7(9,10)11/h3-4H,1-2H2. The summed E-state index contributed by atoms with van der Waals surface area (Å²) in [7, 11) is 0. The third-order valence-corrected chi connectivity index (χ3v) is 1.56. The lowest BCUT2D eigenvalue weighted by Crippen LogP contribution is -2.09. The topological polar surface area (TPSA) is 25.8 Å². The van der Waals surface area contributed by atoms with Crippen molar-refractivity contribution in [3.05, 3.63) is 23.2 Å². The van der Waals surface area contributed by atoms with Crippen LogP contribution in [0.2, 0.25) is 5.15 Å². The Morgan fingerprint density at radius 1 is 1.31 bits per heavy atom. The number of alkyl halides is 3. The van der Waals surface area contributed by atoms with E-state index in [2.05, 4.69) is 9.97 Å². The molecular weight excluding hydrogens is 205 g/mol. The molecule has 6 heteroatoms. The lowest BCUT2D eigenvalue weighted by atomic mass is 10.2. The van der Waals surface area contributed by atoms with Gasteiger partial charge in [0.1, 0.15) is 11.5 Å². The van der Waals surface area contributed by atoms with E-state index >= 15 is 0 Å². The molecule has 1 aromatic heterocycles. The van der Waals surface area contributed by atoms with E-state index in [0.717, 1.165) is 6.33 Å². The molecular formula is C7H6ClF3N2. The monoisotopic (exact) mass is 210 g/mol. The van der Waals surface area contributed by atoms with Crippen LogP contribution in [0.3, 0.4) is 0 Å². The van der Waals surface area contributed by atoms with Crippen LogP contribution in [0.25, 0.3) is 0 Å². The van der Waals surface area contributed by atoms with Crippen LogP contribution >= 0.6 is 11.6 Å². The minimum absolute atomic E-state index is 0.159. The first-order chi connectivity index (χ1) is 5.97. The first-order valence-electron chi connectivity index (χ1n) is 3.50. The Labute approximate surface area is 77.8 Å². The van der Waals surface area contributed by atoms with Gasteiger partial charge in [-0.2, -0.15) is 13.2 Å². The summed E-state index contributed by atoms with van der Waals surface area (Å²) >= 11 is 5.46. The summed E-state index contributed by atoms with van der Waals surface area (Å²) in [6.45, 7) is 0. The molecule has 13 heavy (non-hydrogen) atoms. The predicted octanol–water partition coefficient (Wildman–Crippen LogP) is 2.62. The third-order valence-electron chi connectivity index (χ3n) is 1.35. The predicted molar refractivity (Wildman–Crippen MR) is 41.4 cm³/mol. The van der Waals surface area contributed by atoms with E-state index in [1.807, 2.05) is 0 Å². The third kappa shape index (κ3) is 4.07. The van der Waals surface area contributed by atoms with Crippen LogP contribution in [0.5, 0.6) is 0 Å². The molecule has 0 spiro atoms. The van der Waals surface area contributed by atoms with Gasteiger partial charge in [-0.15, -0.1) is 0 Å². The zero-order chi connectivity index (χ0) is 9.90. The lowest BCUT2D eigenvalue weighted by molar-refractivity contribution is -0.134. The second kappa shape index (κ2) is 3.91. The molecule has 2 nitrogen and oxygen atoms in total. The molecule has 0 unspecified atom stereocenters. The fraction of sp³-hybridized carbons (Fsp3) is 0.429. The molecule has 0 aliphatic rings. The van der Waals surface area contributed by atoms with Gasteiger partial charge in [0.05, 0.1) is 0 Å². The number of halogens is 4. The van der Waals surface area contributed by atoms with Crippen molar-refractivity contribution in [2.24, 2.45) is 0 Å². The normalized spacial score (nSPS) is 11.7. The van der Waals surface area contributed by atoms with Gasteiger partial charge in [-0.25, -0.2) is 9.97 Å². The Balaban J connectivity index is 2.55. The minimum atomic E-state index is -4.16. The molecule has 0 fully saturated rings. The van der Waals surface area contributed by atoms with Gasteiger partial charge in [-0.3, -0.25) is 0 Å². The Kier molecular flexibility index (Phi) is 3.08. The molecule has 0 N–H and O–H groups in total.